The lowest BCUT2D eigenvalue weighted by molar-refractivity contribution is 0.596. The van der Waals surface area contributed by atoms with E-state index in [-0.39, 0.29) is 0 Å². The van der Waals surface area contributed by atoms with E-state index in [0.29, 0.717) is 5.38 Å². The number of hydrogen-bond acceptors (Lipinski definition) is 0. The number of halogens is 3. The molecule has 0 aliphatic heterocycles. The summed E-state index contributed by atoms with van der Waals surface area (Å²) < 4.78 is 2.13. The number of unbranched alkanes of at least 4 members (excludes halogenated alkanes) is 1. The van der Waals surface area contributed by atoms with Gasteiger partial charge < -0.3 is 0 Å². The largest absolute Gasteiger partial charge is 0.123 e. The van der Waals surface area contributed by atoms with E-state index in [1.54, 1.807) is 0 Å². The van der Waals surface area contributed by atoms with Crippen LogP contribution in [0.15, 0.2) is 0 Å². The van der Waals surface area contributed by atoms with Crippen molar-refractivity contribution in [1.29, 1.82) is 0 Å². The molecule has 0 saturated carbocycles. The fourth-order valence-corrected chi connectivity index (χ4v) is 2.90. The first-order valence-corrected chi connectivity index (χ1v) is 8.75. The van der Waals surface area contributed by atoms with E-state index in [2.05, 4.69) is 52.1 Å². The molecule has 14 heavy (non-hydrogen) atoms. The molecule has 0 aromatic carbocycles. The summed E-state index contributed by atoms with van der Waals surface area (Å²) in [5.74, 6) is 0. The van der Waals surface area contributed by atoms with Crippen molar-refractivity contribution in [2.24, 2.45) is 0 Å². The molecule has 0 rings (SSSR count). The van der Waals surface area contributed by atoms with Crippen LogP contribution >= 0.6 is 56.8 Å². The minimum Gasteiger partial charge on any atom is -0.123 e. The van der Waals surface area contributed by atoms with Crippen LogP contribution in [-0.4, -0.2) is 13.7 Å². The molecule has 0 aliphatic carbocycles. The maximum atomic E-state index is 6.23. The summed E-state index contributed by atoms with van der Waals surface area (Å²) in [4.78, 5) is 0. The highest BCUT2D eigenvalue weighted by molar-refractivity contribution is 14.1. The Morgan fingerprint density at radius 1 is 1.07 bits per heavy atom. The predicted molar refractivity (Wildman–Crippen MR) is 84.3 cm³/mol. The monoisotopic (exact) mass is 442 g/mol. The highest BCUT2D eigenvalue weighted by Gasteiger charge is 2.08. The second kappa shape index (κ2) is 11.2. The molecule has 0 spiro atoms. The van der Waals surface area contributed by atoms with Crippen LogP contribution < -0.4 is 0 Å². The molecule has 0 amide bonds. The van der Waals surface area contributed by atoms with Gasteiger partial charge in [0.15, 0.2) is 0 Å². The van der Waals surface area contributed by atoms with E-state index < -0.39 is 0 Å². The van der Waals surface area contributed by atoms with Crippen molar-refractivity contribution in [2.75, 3.05) is 4.43 Å². The smallest absolute Gasteiger partial charge is 0.0336 e. The van der Waals surface area contributed by atoms with Crippen molar-refractivity contribution in [1.82, 2.24) is 0 Å². The first-order valence-electron chi connectivity index (χ1n) is 5.54. The fraction of sp³-hybridized carbons (Fsp3) is 1.00. The molecule has 0 heterocycles. The molecule has 2 atom stereocenters. The van der Waals surface area contributed by atoms with Gasteiger partial charge in [0, 0.05) is 9.30 Å². The van der Waals surface area contributed by atoms with Crippen LogP contribution in [0, 0.1) is 0 Å². The van der Waals surface area contributed by atoms with Crippen LogP contribution in [0.3, 0.4) is 0 Å². The van der Waals surface area contributed by atoms with Crippen molar-refractivity contribution in [2.45, 2.75) is 61.2 Å². The van der Waals surface area contributed by atoms with Crippen molar-refractivity contribution in [3.63, 3.8) is 0 Å². The van der Waals surface area contributed by atoms with Crippen LogP contribution in [0.4, 0.5) is 0 Å². The van der Waals surface area contributed by atoms with Gasteiger partial charge in [-0.25, -0.2) is 0 Å². The summed E-state index contributed by atoms with van der Waals surface area (Å²) in [6.45, 7) is 2.23. The summed E-state index contributed by atoms with van der Waals surface area (Å²) in [7, 11) is 0. The van der Waals surface area contributed by atoms with Gasteiger partial charge in [-0.3, -0.25) is 0 Å². The Bertz CT molecular complexity index is 106. The van der Waals surface area contributed by atoms with Gasteiger partial charge in [0.25, 0.3) is 0 Å². The Kier molecular flexibility index (Phi) is 12.6. The molecule has 0 nitrogen and oxygen atoms in total. The molecule has 0 bridgehead atoms. The minimum absolute atomic E-state index is 0.423. The Labute approximate surface area is 121 Å². The Morgan fingerprint density at radius 2 is 1.79 bits per heavy atom. The Balaban J connectivity index is 3.31. The topological polar surface area (TPSA) is 0 Å². The van der Waals surface area contributed by atoms with Crippen LogP contribution in [0.5, 0.6) is 0 Å². The summed E-state index contributed by atoms with van der Waals surface area (Å²) in [5, 5.41) is 0.423. The molecular weight excluding hydrogens is 421 g/mol. The van der Waals surface area contributed by atoms with E-state index in [1.807, 2.05) is 0 Å². The van der Waals surface area contributed by atoms with Crippen LogP contribution in [0.2, 0.25) is 0 Å². The molecule has 3 heteroatoms. The second-order valence-corrected chi connectivity index (χ2v) is 7.20. The van der Waals surface area contributed by atoms with Crippen molar-refractivity contribution in [3.8, 4) is 0 Å². The van der Waals surface area contributed by atoms with E-state index in [9.17, 15) is 0 Å². The van der Waals surface area contributed by atoms with Crippen LogP contribution in [-0.2, 0) is 0 Å². The molecule has 0 saturated heterocycles. The third-order valence-electron chi connectivity index (χ3n) is 2.32. The van der Waals surface area contributed by atoms with Gasteiger partial charge in [0.05, 0.1) is 0 Å². The summed E-state index contributed by atoms with van der Waals surface area (Å²) >= 11 is 11.3. The number of hydrogen-bond donors (Lipinski definition) is 0. The maximum Gasteiger partial charge on any atom is 0.0336 e. The van der Waals surface area contributed by atoms with Crippen LogP contribution in [0.25, 0.3) is 0 Å². The van der Waals surface area contributed by atoms with Gasteiger partial charge in [-0.05, 0) is 36.5 Å². The standard InChI is InChI=1S/C11H21ClI2/c1-2-3-5-10(12)7-8-11(14)6-4-9-13/h10-11H,2-9H2,1H3. The summed E-state index contributed by atoms with van der Waals surface area (Å²) in [6.07, 6.45) is 8.98. The molecule has 2 unspecified atom stereocenters. The van der Waals surface area contributed by atoms with Gasteiger partial charge in [-0.1, -0.05) is 64.9 Å². The van der Waals surface area contributed by atoms with Gasteiger partial charge in [0.1, 0.15) is 0 Å². The minimum atomic E-state index is 0.423. The van der Waals surface area contributed by atoms with Gasteiger partial charge in [-0.2, -0.15) is 0 Å². The van der Waals surface area contributed by atoms with Crippen LogP contribution in [0.1, 0.15) is 51.9 Å². The highest BCUT2D eigenvalue weighted by atomic mass is 127. The Morgan fingerprint density at radius 3 is 2.36 bits per heavy atom. The van der Waals surface area contributed by atoms with Gasteiger partial charge in [0.2, 0.25) is 0 Å². The fourth-order valence-electron chi connectivity index (χ4n) is 1.37. The zero-order valence-corrected chi connectivity index (χ0v) is 14.0. The summed E-state index contributed by atoms with van der Waals surface area (Å²) in [6, 6.07) is 0. The van der Waals surface area contributed by atoms with Crippen molar-refractivity contribution < 1.29 is 0 Å². The van der Waals surface area contributed by atoms with E-state index in [4.69, 9.17) is 11.6 Å². The molecule has 0 aromatic heterocycles. The maximum absolute atomic E-state index is 6.23. The van der Waals surface area contributed by atoms with E-state index >= 15 is 0 Å². The third kappa shape index (κ3) is 10.3. The molecule has 0 N–H and O–H groups in total. The lowest BCUT2D eigenvalue weighted by Crippen LogP contribution is -2.04. The van der Waals surface area contributed by atoms with Gasteiger partial charge in [-0.15, -0.1) is 11.6 Å². The van der Waals surface area contributed by atoms with Crippen molar-refractivity contribution in [3.05, 3.63) is 0 Å². The quantitative estimate of drug-likeness (QED) is 0.323. The van der Waals surface area contributed by atoms with Crippen molar-refractivity contribution >= 4 is 56.8 Å². The highest BCUT2D eigenvalue weighted by Crippen LogP contribution is 2.21. The SMILES string of the molecule is CCCCC(Cl)CCC(I)CCCI. The first-order chi connectivity index (χ1) is 6.70. The van der Waals surface area contributed by atoms with Gasteiger partial charge >= 0.3 is 0 Å². The molecule has 0 fully saturated rings. The molecule has 0 aromatic rings. The average Bonchev–Trinajstić information content (AvgIpc) is 2.20. The lowest BCUT2D eigenvalue weighted by atomic mass is 10.1. The third-order valence-corrected chi connectivity index (χ3v) is 4.76. The summed E-state index contributed by atoms with van der Waals surface area (Å²) in [5.41, 5.74) is 0. The lowest BCUT2D eigenvalue weighted by Gasteiger charge is -2.12. The molecular formula is C11H21ClI2. The molecule has 0 radical (unpaired) electrons. The zero-order chi connectivity index (χ0) is 10.8. The zero-order valence-electron chi connectivity index (χ0n) is 8.95. The van der Waals surface area contributed by atoms with E-state index in [1.165, 1.54) is 49.4 Å². The normalized spacial score (nSPS) is 15.4. The predicted octanol–water partition coefficient (Wildman–Crippen LogP) is 5.58. The number of rotatable bonds is 9. The second-order valence-electron chi connectivity index (χ2n) is 3.75. The molecule has 86 valence electrons. The molecule has 0 aliphatic rings. The first kappa shape index (κ1) is 15.8. The Hall–Kier alpha value is 1.75. The van der Waals surface area contributed by atoms with E-state index in [0.717, 1.165) is 3.92 Å². The number of alkyl halides is 3. The average molecular weight is 443 g/mol.